The van der Waals surface area contributed by atoms with Gasteiger partial charge in [-0.2, -0.15) is 0 Å². The third-order valence-electron chi connectivity index (χ3n) is 4.47. The normalized spacial score (nSPS) is 20.0. The molecule has 2 saturated heterocycles. The summed E-state index contributed by atoms with van der Waals surface area (Å²) in [4.78, 5) is 26.1. The lowest BCUT2D eigenvalue weighted by Gasteiger charge is -2.51. The van der Waals surface area contributed by atoms with Gasteiger partial charge in [-0.15, -0.1) is 0 Å². The van der Waals surface area contributed by atoms with Gasteiger partial charge in [0.15, 0.2) is 5.76 Å². The molecule has 0 aliphatic carbocycles. The van der Waals surface area contributed by atoms with E-state index in [4.69, 9.17) is 9.15 Å². The molecule has 0 radical (unpaired) electrons. The van der Waals surface area contributed by atoms with Crippen molar-refractivity contribution in [1.82, 2.24) is 10.2 Å². The van der Waals surface area contributed by atoms with Crippen LogP contribution in [-0.4, -0.2) is 48.6 Å². The van der Waals surface area contributed by atoms with Crippen LogP contribution in [0.15, 0.2) is 28.7 Å². The predicted octanol–water partition coefficient (Wildman–Crippen LogP) is 1.08. The van der Waals surface area contributed by atoms with E-state index in [1.54, 1.807) is 11.0 Å². The van der Waals surface area contributed by atoms with Gasteiger partial charge >= 0.3 is 0 Å². The highest BCUT2D eigenvalue weighted by Gasteiger charge is 2.50. The Hall–Kier alpha value is -2.34. The average Bonchev–Trinajstić information content (AvgIpc) is 2.90. The third-order valence-corrected chi connectivity index (χ3v) is 4.47. The molecule has 4 rings (SSSR count). The molecule has 0 unspecified atom stereocenters. The van der Waals surface area contributed by atoms with Crippen LogP contribution in [0.5, 0.6) is 0 Å². The van der Waals surface area contributed by atoms with Crippen LogP contribution >= 0.6 is 0 Å². The predicted molar refractivity (Wildman–Crippen MR) is 78.5 cm³/mol. The van der Waals surface area contributed by atoms with Crippen LogP contribution in [-0.2, 0) is 9.53 Å². The van der Waals surface area contributed by atoms with Gasteiger partial charge < -0.3 is 19.4 Å². The molecular formula is C16H16N2O4. The maximum atomic E-state index is 12.8. The number of ether oxygens (including phenoxy) is 1. The van der Waals surface area contributed by atoms with Crippen molar-refractivity contribution in [2.24, 2.45) is 0 Å². The number of hydrogen-bond acceptors (Lipinski definition) is 4. The van der Waals surface area contributed by atoms with E-state index < -0.39 is 5.54 Å². The summed E-state index contributed by atoms with van der Waals surface area (Å²) in [5, 5.41) is 3.73. The number of aryl methyl sites for hydroxylation is 1. The van der Waals surface area contributed by atoms with Crippen molar-refractivity contribution in [3.05, 3.63) is 35.6 Å². The second-order valence-corrected chi connectivity index (χ2v) is 5.98. The van der Waals surface area contributed by atoms with Crippen LogP contribution in [0.1, 0.15) is 16.1 Å². The number of nitrogens with one attached hydrogen (secondary N) is 1. The van der Waals surface area contributed by atoms with E-state index in [1.807, 2.05) is 25.1 Å². The number of nitrogens with zero attached hydrogens (tertiary/aromatic N) is 1. The van der Waals surface area contributed by atoms with Crippen LogP contribution < -0.4 is 5.32 Å². The molecule has 2 aliphatic heterocycles. The lowest BCUT2D eigenvalue weighted by Crippen LogP contribution is -2.73. The molecular weight excluding hydrogens is 284 g/mol. The van der Waals surface area contributed by atoms with Crippen molar-refractivity contribution < 1.29 is 18.7 Å². The summed E-state index contributed by atoms with van der Waals surface area (Å²) < 4.78 is 11.0. The molecule has 1 aromatic carbocycles. The number of hydrogen-bond donors (Lipinski definition) is 1. The number of fused-ring (bicyclic) bond motifs is 1. The van der Waals surface area contributed by atoms with Gasteiger partial charge in [0.1, 0.15) is 17.7 Å². The molecule has 6 heteroatoms. The maximum absolute atomic E-state index is 12.8. The number of carbonyl (C=O) groups excluding carboxylic acids is 2. The fraction of sp³-hybridized carbons (Fsp3) is 0.375. The monoisotopic (exact) mass is 300 g/mol. The highest BCUT2D eigenvalue weighted by Crippen LogP contribution is 2.30. The van der Waals surface area contributed by atoms with E-state index in [1.165, 1.54) is 0 Å². The second kappa shape index (κ2) is 4.58. The smallest absolute Gasteiger partial charge is 0.290 e. The Morgan fingerprint density at radius 2 is 2.18 bits per heavy atom. The molecule has 22 heavy (non-hydrogen) atoms. The number of benzene rings is 1. The topological polar surface area (TPSA) is 71.8 Å². The zero-order valence-corrected chi connectivity index (χ0v) is 12.2. The fourth-order valence-corrected chi connectivity index (χ4v) is 3.05. The molecule has 0 bridgehead atoms. The van der Waals surface area contributed by atoms with Crippen molar-refractivity contribution in [1.29, 1.82) is 0 Å². The molecule has 2 aliphatic rings. The van der Waals surface area contributed by atoms with E-state index in [2.05, 4.69) is 5.32 Å². The van der Waals surface area contributed by atoms with Crippen molar-refractivity contribution in [3.63, 3.8) is 0 Å². The van der Waals surface area contributed by atoms with E-state index >= 15 is 0 Å². The first-order chi connectivity index (χ1) is 10.6. The summed E-state index contributed by atoms with van der Waals surface area (Å²) in [6.45, 7) is 3.33. The molecule has 2 amide bonds. The van der Waals surface area contributed by atoms with E-state index in [-0.39, 0.29) is 24.1 Å². The fourth-order valence-electron chi connectivity index (χ4n) is 3.05. The zero-order valence-electron chi connectivity index (χ0n) is 12.2. The minimum atomic E-state index is -0.432. The summed E-state index contributed by atoms with van der Waals surface area (Å²) in [7, 11) is 0. The molecule has 114 valence electrons. The number of carbonyl (C=O) groups is 2. The number of furan rings is 1. The Kier molecular flexibility index (Phi) is 2.77. The Morgan fingerprint density at radius 1 is 1.36 bits per heavy atom. The van der Waals surface area contributed by atoms with Gasteiger partial charge in [0, 0.05) is 11.9 Å². The minimum absolute atomic E-state index is 0.0399. The Labute approximate surface area is 127 Å². The Bertz CT molecular complexity index is 776. The molecule has 3 heterocycles. The molecule has 6 nitrogen and oxygen atoms in total. The minimum Gasteiger partial charge on any atom is -0.451 e. The third kappa shape index (κ3) is 1.84. The van der Waals surface area contributed by atoms with Crippen molar-refractivity contribution in [3.8, 4) is 0 Å². The summed E-state index contributed by atoms with van der Waals surface area (Å²) >= 11 is 0. The number of rotatable bonds is 1. The van der Waals surface area contributed by atoms with Gasteiger partial charge in [0.25, 0.3) is 5.91 Å². The second-order valence-electron chi connectivity index (χ2n) is 5.98. The highest BCUT2D eigenvalue weighted by molar-refractivity contribution is 5.99. The molecule has 2 aromatic rings. The first-order valence-corrected chi connectivity index (χ1v) is 7.25. The van der Waals surface area contributed by atoms with Crippen LogP contribution in [0.3, 0.4) is 0 Å². The van der Waals surface area contributed by atoms with E-state index in [0.717, 1.165) is 10.9 Å². The SMILES string of the molecule is Cc1cccc2oc(C(=O)N3CC(=O)NCC34COC4)cc12. The van der Waals surface area contributed by atoms with Gasteiger partial charge in [-0.05, 0) is 24.6 Å². The van der Waals surface area contributed by atoms with E-state index in [0.29, 0.717) is 25.3 Å². The largest absolute Gasteiger partial charge is 0.451 e. The van der Waals surface area contributed by atoms with Gasteiger partial charge in [-0.3, -0.25) is 9.59 Å². The molecule has 1 aromatic heterocycles. The first-order valence-electron chi connectivity index (χ1n) is 7.25. The van der Waals surface area contributed by atoms with Crippen molar-refractivity contribution >= 4 is 22.8 Å². The van der Waals surface area contributed by atoms with Gasteiger partial charge in [-0.1, -0.05) is 12.1 Å². The summed E-state index contributed by atoms with van der Waals surface area (Å²) in [6, 6.07) is 7.46. The maximum Gasteiger partial charge on any atom is 0.290 e. The molecule has 1 spiro atoms. The quantitative estimate of drug-likeness (QED) is 0.855. The number of piperazine rings is 1. The summed E-state index contributed by atoms with van der Waals surface area (Å²) in [5.74, 6) is -0.141. The van der Waals surface area contributed by atoms with Crippen LogP contribution in [0.25, 0.3) is 11.0 Å². The lowest BCUT2D eigenvalue weighted by atomic mass is 9.92. The van der Waals surface area contributed by atoms with Crippen molar-refractivity contribution in [2.75, 3.05) is 26.3 Å². The van der Waals surface area contributed by atoms with Gasteiger partial charge in [0.05, 0.1) is 13.2 Å². The van der Waals surface area contributed by atoms with Crippen LogP contribution in [0.2, 0.25) is 0 Å². The van der Waals surface area contributed by atoms with Crippen LogP contribution in [0, 0.1) is 6.92 Å². The molecule has 2 fully saturated rings. The molecule has 0 saturated carbocycles. The highest BCUT2D eigenvalue weighted by atomic mass is 16.5. The Balaban J connectivity index is 1.72. The zero-order chi connectivity index (χ0) is 15.3. The van der Waals surface area contributed by atoms with E-state index in [9.17, 15) is 9.59 Å². The number of amides is 2. The van der Waals surface area contributed by atoms with Gasteiger partial charge in [-0.25, -0.2) is 0 Å². The first kappa shape index (κ1) is 13.3. The molecule has 1 N–H and O–H groups in total. The summed E-state index contributed by atoms with van der Waals surface area (Å²) in [6.07, 6.45) is 0. The molecule has 0 atom stereocenters. The van der Waals surface area contributed by atoms with Crippen molar-refractivity contribution in [2.45, 2.75) is 12.5 Å². The lowest BCUT2D eigenvalue weighted by molar-refractivity contribution is -0.152. The standard InChI is InChI=1S/C16H16N2O4/c1-10-3-2-4-12-11(10)5-13(22-12)15(20)18-6-14(19)17-7-16(18)8-21-9-16/h2-5H,6-9H2,1H3,(H,17,19). The van der Waals surface area contributed by atoms with Gasteiger partial charge in [0.2, 0.25) is 5.91 Å². The Morgan fingerprint density at radius 3 is 2.86 bits per heavy atom. The average molecular weight is 300 g/mol. The summed E-state index contributed by atoms with van der Waals surface area (Å²) in [5.41, 5.74) is 1.31. The van der Waals surface area contributed by atoms with Crippen LogP contribution in [0.4, 0.5) is 0 Å².